The summed E-state index contributed by atoms with van der Waals surface area (Å²) in [5.41, 5.74) is 1.74. The standard InChI is InChI=1S/C22H33NO5S/c1-14(2)11-19(21(25)23-20-15(3)28-12-18(20)24)29(26,27)13-16-7-9-17(10-8-16)22(4,5)6/h7-10,14-15,19-20H,11-13H2,1-6H3,(H,23,25)/t15?,19-,20+/m1/s1. The molecule has 0 bridgehead atoms. The van der Waals surface area contributed by atoms with E-state index in [0.717, 1.165) is 5.56 Å². The molecule has 0 saturated carbocycles. The van der Waals surface area contributed by atoms with E-state index in [1.165, 1.54) is 0 Å². The third kappa shape index (κ3) is 6.12. The zero-order valence-electron chi connectivity index (χ0n) is 18.2. The smallest absolute Gasteiger partial charge is 0.239 e. The van der Waals surface area contributed by atoms with Gasteiger partial charge in [0.2, 0.25) is 5.91 Å². The van der Waals surface area contributed by atoms with E-state index in [9.17, 15) is 18.0 Å². The maximum atomic E-state index is 13.1. The molecule has 6 nitrogen and oxygen atoms in total. The molecule has 1 unspecified atom stereocenters. The summed E-state index contributed by atoms with van der Waals surface area (Å²) >= 11 is 0. The van der Waals surface area contributed by atoms with Crippen LogP contribution in [0, 0.1) is 5.92 Å². The molecular formula is C22H33NO5S. The minimum absolute atomic E-state index is 0.0109. The number of ether oxygens (including phenoxy) is 1. The SMILES string of the molecule is CC(C)C[C@H](C(=O)N[C@@H]1C(=O)COC1C)S(=O)(=O)Cc1ccc(C(C)(C)C)cc1. The van der Waals surface area contributed by atoms with Gasteiger partial charge in [0.15, 0.2) is 15.6 Å². The number of hydrogen-bond acceptors (Lipinski definition) is 5. The highest BCUT2D eigenvalue weighted by molar-refractivity contribution is 7.92. The first kappa shape index (κ1) is 23.5. The first-order valence-electron chi connectivity index (χ1n) is 10.1. The average Bonchev–Trinajstić information content (AvgIpc) is 2.90. The molecule has 1 aromatic carbocycles. The van der Waals surface area contributed by atoms with Crippen LogP contribution < -0.4 is 5.32 Å². The summed E-state index contributed by atoms with van der Waals surface area (Å²) in [4.78, 5) is 24.8. The van der Waals surface area contributed by atoms with Crippen molar-refractivity contribution in [1.82, 2.24) is 5.32 Å². The summed E-state index contributed by atoms with van der Waals surface area (Å²) in [6.07, 6.45) is -0.261. The van der Waals surface area contributed by atoms with Crippen LogP contribution in [0.5, 0.6) is 0 Å². The van der Waals surface area contributed by atoms with E-state index < -0.39 is 33.1 Å². The normalized spacial score (nSPS) is 21.4. The first-order valence-corrected chi connectivity index (χ1v) is 11.8. The molecule has 3 atom stereocenters. The van der Waals surface area contributed by atoms with Crippen molar-refractivity contribution in [3.63, 3.8) is 0 Å². The van der Waals surface area contributed by atoms with E-state index in [2.05, 4.69) is 26.1 Å². The summed E-state index contributed by atoms with van der Waals surface area (Å²) in [5.74, 6) is -1.06. The zero-order chi connectivity index (χ0) is 22.0. The zero-order valence-corrected chi connectivity index (χ0v) is 19.0. The average molecular weight is 424 g/mol. The molecule has 1 amide bonds. The molecule has 1 aliphatic heterocycles. The Balaban J connectivity index is 2.21. The lowest BCUT2D eigenvalue weighted by Gasteiger charge is -2.23. The second-order valence-electron chi connectivity index (χ2n) is 9.34. The van der Waals surface area contributed by atoms with Gasteiger partial charge in [-0.2, -0.15) is 0 Å². The highest BCUT2D eigenvalue weighted by Crippen LogP contribution is 2.24. The van der Waals surface area contributed by atoms with Gasteiger partial charge < -0.3 is 10.1 Å². The molecule has 1 aromatic rings. The number of ketones is 1. The molecule has 0 spiro atoms. The third-order valence-electron chi connectivity index (χ3n) is 5.20. The highest BCUT2D eigenvalue weighted by Gasteiger charge is 2.39. The van der Waals surface area contributed by atoms with Crippen molar-refractivity contribution in [2.45, 2.75) is 76.5 Å². The summed E-state index contributed by atoms with van der Waals surface area (Å²) in [7, 11) is -3.76. The number of amides is 1. The number of Topliss-reactive ketones (excluding diaryl/α,β-unsaturated/α-hetero) is 1. The van der Waals surface area contributed by atoms with Crippen LogP contribution in [0.3, 0.4) is 0 Å². The van der Waals surface area contributed by atoms with Crippen LogP contribution in [0.15, 0.2) is 24.3 Å². The Labute approximate surface area is 174 Å². The molecule has 1 fully saturated rings. The minimum atomic E-state index is -3.76. The molecule has 7 heteroatoms. The van der Waals surface area contributed by atoms with Crippen LogP contribution in [0.1, 0.15) is 59.1 Å². The van der Waals surface area contributed by atoms with E-state index in [0.29, 0.717) is 5.56 Å². The van der Waals surface area contributed by atoms with Gasteiger partial charge >= 0.3 is 0 Å². The van der Waals surface area contributed by atoms with Crippen LogP contribution in [0.25, 0.3) is 0 Å². The Kier molecular flexibility index (Phi) is 7.28. The summed E-state index contributed by atoms with van der Waals surface area (Å²) in [6, 6.07) is 6.67. The molecule has 1 saturated heterocycles. The molecular weight excluding hydrogens is 390 g/mol. The Morgan fingerprint density at radius 1 is 1.21 bits per heavy atom. The predicted octanol–water partition coefficient (Wildman–Crippen LogP) is 2.79. The second-order valence-corrected chi connectivity index (χ2v) is 11.5. The number of carbonyl (C=O) groups excluding carboxylic acids is 2. The fourth-order valence-electron chi connectivity index (χ4n) is 3.38. The largest absolute Gasteiger partial charge is 0.368 e. The van der Waals surface area contributed by atoms with Crippen molar-refractivity contribution < 1.29 is 22.7 Å². The molecule has 0 aromatic heterocycles. The van der Waals surface area contributed by atoms with Crippen LogP contribution in [0.2, 0.25) is 0 Å². The van der Waals surface area contributed by atoms with Crippen molar-refractivity contribution >= 4 is 21.5 Å². The molecule has 1 aliphatic rings. The van der Waals surface area contributed by atoms with Gasteiger partial charge in [0, 0.05) is 0 Å². The number of rotatable bonds is 7. The number of nitrogens with one attached hydrogen (secondary N) is 1. The maximum Gasteiger partial charge on any atom is 0.239 e. The molecule has 0 aliphatic carbocycles. The highest BCUT2D eigenvalue weighted by atomic mass is 32.2. The van der Waals surface area contributed by atoms with Gasteiger partial charge in [-0.15, -0.1) is 0 Å². The van der Waals surface area contributed by atoms with Crippen LogP contribution in [-0.4, -0.2) is 44.1 Å². The van der Waals surface area contributed by atoms with E-state index in [-0.39, 0.29) is 35.9 Å². The third-order valence-corrected chi connectivity index (χ3v) is 7.21. The lowest BCUT2D eigenvalue weighted by atomic mass is 9.87. The van der Waals surface area contributed by atoms with Crippen molar-refractivity contribution in [3.8, 4) is 0 Å². The predicted molar refractivity (Wildman–Crippen MR) is 113 cm³/mol. The van der Waals surface area contributed by atoms with Gasteiger partial charge in [0.1, 0.15) is 17.9 Å². The van der Waals surface area contributed by atoms with E-state index >= 15 is 0 Å². The Bertz CT molecular complexity index is 837. The Morgan fingerprint density at radius 2 is 1.79 bits per heavy atom. The van der Waals surface area contributed by atoms with Crippen LogP contribution in [-0.2, 0) is 35.3 Å². The fourth-order valence-corrected chi connectivity index (χ4v) is 5.31. The van der Waals surface area contributed by atoms with Gasteiger partial charge in [-0.25, -0.2) is 8.42 Å². The minimum Gasteiger partial charge on any atom is -0.368 e. The molecule has 0 radical (unpaired) electrons. The second kappa shape index (κ2) is 8.96. The van der Waals surface area contributed by atoms with E-state index in [1.807, 2.05) is 26.0 Å². The maximum absolute atomic E-state index is 13.1. The van der Waals surface area contributed by atoms with Gasteiger partial charge in [-0.1, -0.05) is 58.9 Å². The topological polar surface area (TPSA) is 89.5 Å². The van der Waals surface area contributed by atoms with Crippen molar-refractivity contribution in [1.29, 1.82) is 0 Å². The summed E-state index contributed by atoms with van der Waals surface area (Å²) in [6.45, 7) is 11.7. The molecule has 1 N–H and O–H groups in total. The van der Waals surface area contributed by atoms with Crippen molar-refractivity contribution in [3.05, 3.63) is 35.4 Å². The summed E-state index contributed by atoms with van der Waals surface area (Å²) in [5, 5.41) is 1.41. The van der Waals surface area contributed by atoms with Crippen LogP contribution in [0.4, 0.5) is 0 Å². The Morgan fingerprint density at radius 3 is 2.24 bits per heavy atom. The van der Waals surface area contributed by atoms with Gasteiger partial charge in [-0.05, 0) is 35.8 Å². The van der Waals surface area contributed by atoms with Gasteiger partial charge in [0.25, 0.3) is 0 Å². The van der Waals surface area contributed by atoms with Crippen molar-refractivity contribution in [2.75, 3.05) is 6.61 Å². The lowest BCUT2D eigenvalue weighted by molar-refractivity contribution is -0.126. The first-order chi connectivity index (χ1) is 13.3. The Hall–Kier alpha value is -1.73. The lowest BCUT2D eigenvalue weighted by Crippen LogP contribution is -2.50. The number of sulfone groups is 1. The number of carbonyl (C=O) groups is 2. The van der Waals surface area contributed by atoms with Crippen LogP contribution >= 0.6 is 0 Å². The summed E-state index contributed by atoms with van der Waals surface area (Å²) < 4.78 is 31.5. The van der Waals surface area contributed by atoms with Gasteiger partial charge in [-0.3, -0.25) is 9.59 Å². The quantitative estimate of drug-likeness (QED) is 0.728. The molecule has 162 valence electrons. The molecule has 2 rings (SSSR count). The van der Waals surface area contributed by atoms with E-state index in [4.69, 9.17) is 4.74 Å². The number of hydrogen-bond donors (Lipinski definition) is 1. The van der Waals surface area contributed by atoms with E-state index in [1.54, 1.807) is 19.1 Å². The fraction of sp³-hybridized carbons (Fsp3) is 0.636. The molecule has 29 heavy (non-hydrogen) atoms. The van der Waals surface area contributed by atoms with Gasteiger partial charge in [0.05, 0.1) is 11.9 Å². The monoisotopic (exact) mass is 423 g/mol. The molecule has 1 heterocycles. The van der Waals surface area contributed by atoms with Crippen molar-refractivity contribution in [2.24, 2.45) is 5.92 Å². The number of benzene rings is 1.